The molecule has 10 heteroatoms. The van der Waals surface area contributed by atoms with Crippen LogP contribution in [0.15, 0.2) is 75.7 Å². The van der Waals surface area contributed by atoms with E-state index >= 15 is 0 Å². The van der Waals surface area contributed by atoms with Crippen LogP contribution in [-0.2, 0) is 0 Å². The van der Waals surface area contributed by atoms with Gasteiger partial charge in [-0.15, -0.1) is 0 Å². The fourth-order valence-corrected chi connectivity index (χ4v) is 4.56. The maximum absolute atomic E-state index is 13.7. The highest BCUT2D eigenvalue weighted by atomic mass is 35.5. The van der Waals surface area contributed by atoms with E-state index in [1.165, 1.54) is 18.1 Å². The summed E-state index contributed by atoms with van der Waals surface area (Å²) in [5.41, 5.74) is 1.11. The molecule has 2 N–H and O–H groups in total. The van der Waals surface area contributed by atoms with Crippen LogP contribution in [0.1, 0.15) is 18.7 Å². The molecule has 5 rings (SSSR count). The van der Waals surface area contributed by atoms with Crippen LogP contribution >= 0.6 is 23.4 Å². The third-order valence-corrected chi connectivity index (χ3v) is 6.36. The molecule has 0 spiro atoms. The largest absolute Gasteiger partial charge is 0.361 e. The second-order valence-corrected chi connectivity index (χ2v) is 8.79. The summed E-state index contributed by atoms with van der Waals surface area (Å²) < 4.78 is 1.63. The predicted octanol–water partition coefficient (Wildman–Crippen LogP) is 4.57. The molecule has 0 amide bonds. The number of pyridine rings is 1. The Hall–Kier alpha value is -3.69. The SMILES string of the molecule is CSc1nc(N[C@@H](C)c2cc3cccc(Cl)c3c(=O)n2-c2ccccc2)c2c(=O)[nH]cnc2n1. The van der Waals surface area contributed by atoms with E-state index < -0.39 is 6.04 Å². The first kappa shape index (κ1) is 22.1. The van der Waals surface area contributed by atoms with Crippen molar-refractivity contribution in [1.82, 2.24) is 24.5 Å². The Labute approximate surface area is 203 Å². The van der Waals surface area contributed by atoms with E-state index in [0.29, 0.717) is 38.4 Å². The molecule has 0 bridgehead atoms. The van der Waals surface area contributed by atoms with Gasteiger partial charge in [-0.1, -0.05) is 53.7 Å². The lowest BCUT2D eigenvalue weighted by Crippen LogP contribution is -2.26. The summed E-state index contributed by atoms with van der Waals surface area (Å²) in [6, 6.07) is 16.2. The number of fused-ring (bicyclic) bond motifs is 2. The van der Waals surface area contributed by atoms with E-state index in [2.05, 4.69) is 25.3 Å². The predicted molar refractivity (Wildman–Crippen MR) is 136 cm³/mol. The zero-order valence-corrected chi connectivity index (χ0v) is 19.8. The van der Waals surface area contributed by atoms with Crippen molar-refractivity contribution in [1.29, 1.82) is 0 Å². The number of nitrogens with zero attached hydrogens (tertiary/aromatic N) is 4. The summed E-state index contributed by atoms with van der Waals surface area (Å²) in [5, 5.41) is 5.61. The highest BCUT2D eigenvalue weighted by Crippen LogP contribution is 2.28. The number of benzene rings is 2. The number of para-hydroxylation sites is 1. The van der Waals surface area contributed by atoms with Gasteiger partial charge in [0.05, 0.1) is 22.8 Å². The third-order valence-electron chi connectivity index (χ3n) is 5.50. The minimum Gasteiger partial charge on any atom is -0.361 e. The van der Waals surface area contributed by atoms with Gasteiger partial charge in [0.2, 0.25) is 0 Å². The Morgan fingerprint density at radius 3 is 2.62 bits per heavy atom. The molecule has 0 aliphatic carbocycles. The van der Waals surface area contributed by atoms with Gasteiger partial charge in [-0.2, -0.15) is 0 Å². The molecule has 0 radical (unpaired) electrons. The van der Waals surface area contributed by atoms with Crippen molar-refractivity contribution in [3.63, 3.8) is 0 Å². The monoisotopic (exact) mass is 490 g/mol. The number of aromatic nitrogens is 5. The first-order chi connectivity index (χ1) is 16.5. The number of H-pyrrole nitrogens is 1. The standard InChI is InChI=1S/C24H19ClN6O2S/c1-13(28-21-19-20(26-12-27-22(19)32)29-24(30-21)34-2)17-11-14-7-6-10-16(25)18(14)23(33)31(17)15-8-4-3-5-9-15/h3-13H,1-2H3,(H2,26,27,28,29,30,32)/t13-/m0/s1. The normalized spacial score (nSPS) is 12.2. The van der Waals surface area contributed by atoms with Crippen LogP contribution in [0.3, 0.4) is 0 Å². The van der Waals surface area contributed by atoms with Crippen LogP contribution in [-0.4, -0.2) is 30.8 Å². The molecule has 0 saturated heterocycles. The van der Waals surface area contributed by atoms with Gasteiger partial charge < -0.3 is 10.3 Å². The number of rotatable bonds is 5. The third kappa shape index (κ3) is 3.82. The van der Waals surface area contributed by atoms with Gasteiger partial charge in [0.15, 0.2) is 10.8 Å². The fraction of sp³-hybridized carbons (Fsp3) is 0.125. The van der Waals surface area contributed by atoms with Crippen molar-refractivity contribution in [2.24, 2.45) is 0 Å². The Bertz CT molecular complexity index is 1650. The summed E-state index contributed by atoms with van der Waals surface area (Å²) in [4.78, 5) is 41.9. The Morgan fingerprint density at radius 2 is 1.85 bits per heavy atom. The second kappa shape index (κ2) is 8.92. The van der Waals surface area contributed by atoms with Crippen LogP contribution in [0.4, 0.5) is 5.82 Å². The number of halogens is 1. The zero-order valence-electron chi connectivity index (χ0n) is 18.2. The highest BCUT2D eigenvalue weighted by molar-refractivity contribution is 7.98. The van der Waals surface area contributed by atoms with Crippen molar-refractivity contribution in [3.05, 3.63) is 92.3 Å². The topological polar surface area (TPSA) is 106 Å². The Balaban J connectivity index is 1.73. The number of aromatic amines is 1. The van der Waals surface area contributed by atoms with Gasteiger partial charge in [0.1, 0.15) is 11.2 Å². The van der Waals surface area contributed by atoms with Crippen LogP contribution in [0.2, 0.25) is 5.02 Å². The van der Waals surface area contributed by atoms with E-state index in [1.54, 1.807) is 10.6 Å². The molecule has 0 aliphatic heterocycles. The van der Waals surface area contributed by atoms with Gasteiger partial charge in [0.25, 0.3) is 11.1 Å². The molecular formula is C24H19ClN6O2S. The summed E-state index contributed by atoms with van der Waals surface area (Å²) in [6.45, 7) is 1.90. The zero-order chi connectivity index (χ0) is 23.8. The van der Waals surface area contributed by atoms with Crippen LogP contribution in [0.5, 0.6) is 0 Å². The van der Waals surface area contributed by atoms with Crippen molar-refractivity contribution in [2.45, 2.75) is 18.1 Å². The summed E-state index contributed by atoms with van der Waals surface area (Å²) >= 11 is 7.75. The molecular weight excluding hydrogens is 472 g/mol. The Morgan fingerprint density at radius 1 is 1.06 bits per heavy atom. The van der Waals surface area contributed by atoms with Crippen LogP contribution in [0, 0.1) is 0 Å². The molecule has 0 aliphatic rings. The van der Waals surface area contributed by atoms with Crippen molar-refractivity contribution in [2.75, 3.05) is 11.6 Å². The molecule has 3 heterocycles. The van der Waals surface area contributed by atoms with Gasteiger partial charge in [-0.25, -0.2) is 15.0 Å². The molecule has 3 aromatic heterocycles. The maximum atomic E-state index is 13.7. The molecule has 0 unspecified atom stereocenters. The molecule has 0 saturated carbocycles. The quantitative estimate of drug-likeness (QED) is 0.274. The average molecular weight is 491 g/mol. The lowest BCUT2D eigenvalue weighted by molar-refractivity contribution is 0.770. The number of anilines is 1. The van der Waals surface area contributed by atoms with Gasteiger partial charge in [-0.05, 0) is 42.8 Å². The summed E-state index contributed by atoms with van der Waals surface area (Å²) in [7, 11) is 0. The van der Waals surface area contributed by atoms with E-state index in [0.717, 1.165) is 5.39 Å². The second-order valence-electron chi connectivity index (χ2n) is 7.60. The molecule has 1 atom stereocenters. The van der Waals surface area contributed by atoms with Crippen molar-refractivity contribution < 1.29 is 0 Å². The minimum absolute atomic E-state index is 0.227. The number of hydrogen-bond donors (Lipinski definition) is 2. The molecule has 34 heavy (non-hydrogen) atoms. The molecule has 5 aromatic rings. The first-order valence-electron chi connectivity index (χ1n) is 10.4. The van der Waals surface area contributed by atoms with Crippen molar-refractivity contribution in [3.8, 4) is 5.69 Å². The highest BCUT2D eigenvalue weighted by Gasteiger charge is 2.20. The lowest BCUT2D eigenvalue weighted by Gasteiger charge is -2.22. The van der Waals surface area contributed by atoms with Gasteiger partial charge in [-0.3, -0.25) is 14.2 Å². The van der Waals surface area contributed by atoms with E-state index in [9.17, 15) is 9.59 Å². The van der Waals surface area contributed by atoms with Gasteiger partial charge in [0, 0.05) is 11.4 Å². The molecule has 170 valence electrons. The number of thioether (sulfide) groups is 1. The number of hydrogen-bond acceptors (Lipinski definition) is 7. The smallest absolute Gasteiger partial charge is 0.264 e. The maximum Gasteiger partial charge on any atom is 0.264 e. The molecule has 8 nitrogen and oxygen atoms in total. The van der Waals surface area contributed by atoms with E-state index in [4.69, 9.17) is 11.6 Å². The molecule has 2 aromatic carbocycles. The van der Waals surface area contributed by atoms with Crippen molar-refractivity contribution >= 4 is 51.0 Å². The summed E-state index contributed by atoms with van der Waals surface area (Å²) in [6.07, 6.45) is 3.16. The van der Waals surface area contributed by atoms with Crippen LogP contribution in [0.25, 0.3) is 27.5 Å². The first-order valence-corrected chi connectivity index (χ1v) is 12.0. The van der Waals surface area contributed by atoms with Crippen LogP contribution < -0.4 is 16.4 Å². The van der Waals surface area contributed by atoms with E-state index in [-0.39, 0.29) is 16.5 Å². The fourth-order valence-electron chi connectivity index (χ4n) is 3.93. The minimum atomic E-state index is -0.413. The van der Waals surface area contributed by atoms with Gasteiger partial charge >= 0.3 is 0 Å². The lowest BCUT2D eigenvalue weighted by atomic mass is 10.1. The Kier molecular flexibility index (Phi) is 5.80. The average Bonchev–Trinajstić information content (AvgIpc) is 2.84. The van der Waals surface area contributed by atoms with E-state index in [1.807, 2.05) is 61.7 Å². The number of nitrogens with one attached hydrogen (secondary N) is 2. The molecule has 0 fully saturated rings. The summed E-state index contributed by atoms with van der Waals surface area (Å²) in [5.74, 6) is 0.342.